The summed E-state index contributed by atoms with van der Waals surface area (Å²) in [6.07, 6.45) is 2.90. The van der Waals surface area contributed by atoms with Crippen LogP contribution in [0.15, 0.2) is 0 Å². The van der Waals surface area contributed by atoms with Crippen LogP contribution in [0.2, 0.25) is 0 Å². The Morgan fingerprint density at radius 2 is 2.19 bits per heavy atom. The highest BCUT2D eigenvalue weighted by atomic mass is 32.2. The number of rotatable bonds is 5. The Hall–Kier alpha value is -0.580. The molecule has 1 heterocycles. The number of unbranched alkanes of at least 4 members (excludes halogenated alkanes) is 1. The third kappa shape index (κ3) is 4.12. The second-order valence-corrected chi connectivity index (χ2v) is 6.73. The highest BCUT2D eigenvalue weighted by Crippen LogP contribution is 2.18. The minimum absolute atomic E-state index is 0.000756. The summed E-state index contributed by atoms with van der Waals surface area (Å²) in [5.74, 6) is -0.230. The van der Waals surface area contributed by atoms with Crippen LogP contribution in [0.5, 0.6) is 0 Å². The summed E-state index contributed by atoms with van der Waals surface area (Å²) in [6, 6.07) is 0. The van der Waals surface area contributed by atoms with E-state index < -0.39 is 15.9 Å². The van der Waals surface area contributed by atoms with E-state index in [9.17, 15) is 13.2 Å². The molecule has 0 saturated carbocycles. The van der Waals surface area contributed by atoms with Gasteiger partial charge in [-0.3, -0.25) is 4.79 Å². The lowest BCUT2D eigenvalue weighted by Crippen LogP contribution is -2.23. The molecule has 0 spiro atoms. The molecule has 16 heavy (non-hydrogen) atoms. The molecule has 0 aromatic carbocycles. The minimum Gasteiger partial charge on any atom is -0.461 e. The maximum atomic E-state index is 11.6. The van der Waals surface area contributed by atoms with Crippen molar-refractivity contribution < 1.29 is 17.9 Å². The zero-order valence-electron chi connectivity index (χ0n) is 9.94. The van der Waals surface area contributed by atoms with Gasteiger partial charge in [0.25, 0.3) is 0 Å². The first-order valence-electron chi connectivity index (χ1n) is 5.85. The molecule has 0 aromatic rings. The maximum Gasteiger partial charge on any atom is 0.308 e. The van der Waals surface area contributed by atoms with E-state index in [0.29, 0.717) is 6.42 Å². The fourth-order valence-electron chi connectivity index (χ4n) is 1.76. The molecule has 0 radical (unpaired) electrons. The van der Waals surface area contributed by atoms with Gasteiger partial charge in [0.2, 0.25) is 0 Å². The Labute approximate surface area is 97.3 Å². The normalized spacial score (nSPS) is 25.2. The Kier molecular flexibility index (Phi) is 4.77. The summed E-state index contributed by atoms with van der Waals surface area (Å²) >= 11 is 0. The van der Waals surface area contributed by atoms with Gasteiger partial charge < -0.3 is 4.74 Å². The molecule has 2 atom stereocenters. The molecular weight excluding hydrogens is 228 g/mol. The fraction of sp³-hybridized carbons (Fsp3) is 0.909. The maximum absolute atomic E-state index is 11.6. The Morgan fingerprint density at radius 3 is 2.69 bits per heavy atom. The third-order valence-corrected chi connectivity index (χ3v) is 4.60. The van der Waals surface area contributed by atoms with Crippen molar-refractivity contribution in [3.05, 3.63) is 0 Å². The van der Waals surface area contributed by atoms with Crippen LogP contribution in [0.3, 0.4) is 0 Å². The third-order valence-electron chi connectivity index (χ3n) is 2.87. The number of carbonyl (C=O) groups is 1. The van der Waals surface area contributed by atoms with Crippen LogP contribution < -0.4 is 0 Å². The summed E-state index contributed by atoms with van der Waals surface area (Å²) in [5.41, 5.74) is 0. The molecule has 5 heteroatoms. The summed E-state index contributed by atoms with van der Waals surface area (Å²) < 4.78 is 27.5. The van der Waals surface area contributed by atoms with Gasteiger partial charge in [-0.1, -0.05) is 26.7 Å². The van der Waals surface area contributed by atoms with E-state index >= 15 is 0 Å². The largest absolute Gasteiger partial charge is 0.461 e. The van der Waals surface area contributed by atoms with Crippen LogP contribution in [-0.4, -0.2) is 32.0 Å². The number of esters is 1. The van der Waals surface area contributed by atoms with Crippen molar-refractivity contribution in [2.24, 2.45) is 5.92 Å². The van der Waals surface area contributed by atoms with Crippen molar-refractivity contribution in [2.45, 2.75) is 45.6 Å². The molecular formula is C11H20O4S. The quantitative estimate of drug-likeness (QED) is 0.692. The Morgan fingerprint density at radius 1 is 1.50 bits per heavy atom. The SMILES string of the molecule is CCCCC(C)C(=O)OC1CCS(=O)(=O)C1. The van der Waals surface area contributed by atoms with Crippen molar-refractivity contribution in [3.8, 4) is 0 Å². The van der Waals surface area contributed by atoms with Crippen molar-refractivity contribution in [1.29, 1.82) is 0 Å². The molecule has 1 rings (SSSR count). The van der Waals surface area contributed by atoms with Gasteiger partial charge in [0.1, 0.15) is 6.10 Å². The monoisotopic (exact) mass is 248 g/mol. The molecule has 0 N–H and O–H groups in total. The van der Waals surface area contributed by atoms with Gasteiger partial charge in [0.05, 0.1) is 17.4 Å². The lowest BCUT2D eigenvalue weighted by Gasteiger charge is -2.14. The standard InChI is InChI=1S/C11H20O4S/c1-3-4-5-9(2)11(12)15-10-6-7-16(13,14)8-10/h9-10H,3-8H2,1-2H3. The van der Waals surface area contributed by atoms with E-state index in [1.165, 1.54) is 0 Å². The summed E-state index contributed by atoms with van der Waals surface area (Å²) in [5, 5.41) is 0. The lowest BCUT2D eigenvalue weighted by molar-refractivity contribution is -0.152. The van der Waals surface area contributed by atoms with Gasteiger partial charge in [0.15, 0.2) is 9.84 Å². The number of ether oxygens (including phenoxy) is 1. The van der Waals surface area contributed by atoms with E-state index in [1.54, 1.807) is 0 Å². The molecule has 1 fully saturated rings. The number of sulfone groups is 1. The van der Waals surface area contributed by atoms with Crippen LogP contribution >= 0.6 is 0 Å². The average Bonchev–Trinajstić information content (AvgIpc) is 2.54. The van der Waals surface area contributed by atoms with Crippen LogP contribution in [0.4, 0.5) is 0 Å². The minimum atomic E-state index is -2.96. The van der Waals surface area contributed by atoms with Gasteiger partial charge >= 0.3 is 5.97 Å². The second kappa shape index (κ2) is 5.66. The molecule has 0 amide bonds. The van der Waals surface area contributed by atoms with Crippen LogP contribution in [0, 0.1) is 5.92 Å². The summed E-state index contributed by atoms with van der Waals surface area (Å²) in [6.45, 7) is 3.91. The van der Waals surface area contributed by atoms with Gasteiger partial charge in [-0.2, -0.15) is 0 Å². The molecule has 0 aliphatic carbocycles. The van der Waals surface area contributed by atoms with Crippen molar-refractivity contribution in [3.63, 3.8) is 0 Å². The van der Waals surface area contributed by atoms with Crippen LogP contribution in [0.1, 0.15) is 39.5 Å². The van der Waals surface area contributed by atoms with Crippen molar-refractivity contribution in [2.75, 3.05) is 11.5 Å². The Balaban J connectivity index is 2.35. The summed E-state index contributed by atoms with van der Waals surface area (Å²) in [7, 11) is -2.96. The van der Waals surface area contributed by atoms with Crippen molar-refractivity contribution in [1.82, 2.24) is 0 Å². The highest BCUT2D eigenvalue weighted by Gasteiger charge is 2.31. The molecule has 1 aliphatic heterocycles. The molecule has 0 aromatic heterocycles. The average molecular weight is 248 g/mol. The van der Waals surface area contributed by atoms with Gasteiger partial charge in [0, 0.05) is 0 Å². The van der Waals surface area contributed by atoms with E-state index in [4.69, 9.17) is 4.74 Å². The predicted octanol–water partition coefficient (Wildman–Crippen LogP) is 1.54. The van der Waals surface area contributed by atoms with Crippen molar-refractivity contribution >= 4 is 15.8 Å². The zero-order valence-corrected chi connectivity index (χ0v) is 10.8. The molecule has 1 aliphatic rings. The molecule has 1 saturated heterocycles. The molecule has 2 unspecified atom stereocenters. The number of carbonyl (C=O) groups excluding carboxylic acids is 1. The van der Waals surface area contributed by atoms with E-state index in [-0.39, 0.29) is 23.4 Å². The van der Waals surface area contributed by atoms with Gasteiger partial charge in [-0.05, 0) is 12.8 Å². The fourth-order valence-corrected chi connectivity index (χ4v) is 3.35. The lowest BCUT2D eigenvalue weighted by atomic mass is 10.1. The smallest absolute Gasteiger partial charge is 0.308 e. The van der Waals surface area contributed by atoms with E-state index in [0.717, 1.165) is 19.3 Å². The van der Waals surface area contributed by atoms with E-state index in [1.807, 2.05) is 6.92 Å². The molecule has 94 valence electrons. The summed E-state index contributed by atoms with van der Waals surface area (Å²) in [4.78, 5) is 11.6. The molecule has 4 nitrogen and oxygen atoms in total. The predicted molar refractivity (Wildman–Crippen MR) is 61.8 cm³/mol. The first-order chi connectivity index (χ1) is 7.44. The van der Waals surface area contributed by atoms with Gasteiger partial charge in [-0.25, -0.2) is 8.42 Å². The second-order valence-electron chi connectivity index (χ2n) is 4.51. The van der Waals surface area contributed by atoms with E-state index in [2.05, 4.69) is 6.92 Å². The molecule has 0 bridgehead atoms. The van der Waals surface area contributed by atoms with Crippen LogP contribution in [-0.2, 0) is 19.4 Å². The first-order valence-corrected chi connectivity index (χ1v) is 7.67. The number of hydrogen-bond acceptors (Lipinski definition) is 4. The van der Waals surface area contributed by atoms with Gasteiger partial charge in [-0.15, -0.1) is 0 Å². The topological polar surface area (TPSA) is 60.4 Å². The Bertz CT molecular complexity index is 334. The van der Waals surface area contributed by atoms with Crippen LogP contribution in [0.25, 0.3) is 0 Å². The number of hydrogen-bond donors (Lipinski definition) is 0. The first kappa shape index (κ1) is 13.5. The zero-order chi connectivity index (χ0) is 12.2. The highest BCUT2D eigenvalue weighted by molar-refractivity contribution is 7.91.